The molecule has 0 saturated carbocycles. The number of hydrogen-bond acceptors (Lipinski definition) is 1. The van der Waals surface area contributed by atoms with Crippen molar-refractivity contribution in [2.45, 2.75) is 40.0 Å². The Hall–Kier alpha value is -2.20. The van der Waals surface area contributed by atoms with Gasteiger partial charge in [-0.1, -0.05) is 70.2 Å². The minimum atomic E-state index is 0.475. The van der Waals surface area contributed by atoms with E-state index in [1.165, 1.54) is 18.5 Å². The lowest BCUT2D eigenvalue weighted by molar-refractivity contribution is 0.664. The van der Waals surface area contributed by atoms with E-state index in [0.29, 0.717) is 5.92 Å². The molecule has 1 heterocycles. The second-order valence-electron chi connectivity index (χ2n) is 5.66. The molecule has 2 aliphatic rings. The van der Waals surface area contributed by atoms with Gasteiger partial charge < -0.3 is 4.90 Å². The van der Waals surface area contributed by atoms with Crippen LogP contribution in [-0.4, -0.2) is 0 Å². The predicted molar refractivity (Wildman–Crippen MR) is 96.5 cm³/mol. The van der Waals surface area contributed by atoms with Crippen LogP contribution in [0, 0.1) is 17.8 Å². The highest BCUT2D eigenvalue weighted by Crippen LogP contribution is 2.35. The Balaban J connectivity index is 0.000000396. The van der Waals surface area contributed by atoms with Crippen LogP contribution in [-0.2, 0) is 0 Å². The number of fused-ring (bicyclic) bond motifs is 1. The molecule has 1 aliphatic heterocycles. The number of benzene rings is 1. The molecular weight excluding hydrogens is 266 g/mol. The molecule has 1 aromatic carbocycles. The monoisotopic (exact) mass is 291 g/mol. The van der Waals surface area contributed by atoms with Gasteiger partial charge in [0.15, 0.2) is 0 Å². The highest BCUT2D eigenvalue weighted by molar-refractivity contribution is 5.71. The van der Waals surface area contributed by atoms with Crippen molar-refractivity contribution in [1.82, 2.24) is 0 Å². The van der Waals surface area contributed by atoms with E-state index in [-0.39, 0.29) is 0 Å². The van der Waals surface area contributed by atoms with Crippen LogP contribution in [0.3, 0.4) is 0 Å². The number of para-hydroxylation sites is 1. The normalized spacial score (nSPS) is 18.1. The zero-order valence-corrected chi connectivity index (χ0v) is 13.9. The summed E-state index contributed by atoms with van der Waals surface area (Å²) < 4.78 is 0. The van der Waals surface area contributed by atoms with Crippen molar-refractivity contribution >= 4 is 5.69 Å². The first-order chi connectivity index (χ1) is 10.7. The van der Waals surface area contributed by atoms with Crippen LogP contribution in [0.2, 0.25) is 0 Å². The van der Waals surface area contributed by atoms with Gasteiger partial charge in [0.05, 0.1) is 5.69 Å². The second-order valence-corrected chi connectivity index (χ2v) is 5.66. The van der Waals surface area contributed by atoms with Crippen LogP contribution >= 0.6 is 0 Å². The molecule has 0 amide bonds. The first-order valence-electron chi connectivity index (χ1n) is 8.16. The Bertz CT molecular complexity index is 650. The topological polar surface area (TPSA) is 3.24 Å². The van der Waals surface area contributed by atoms with Crippen molar-refractivity contribution in [2.24, 2.45) is 5.92 Å². The van der Waals surface area contributed by atoms with Crippen LogP contribution in [0.5, 0.6) is 0 Å². The number of anilines is 1. The van der Waals surface area contributed by atoms with E-state index in [1.54, 1.807) is 0 Å². The van der Waals surface area contributed by atoms with Crippen molar-refractivity contribution in [3.05, 3.63) is 66.0 Å². The Morgan fingerprint density at radius 3 is 2.64 bits per heavy atom. The molecule has 0 spiro atoms. The maximum Gasteiger partial charge on any atom is 0.0609 e. The van der Waals surface area contributed by atoms with Crippen molar-refractivity contribution < 1.29 is 0 Å². The maximum absolute atomic E-state index is 3.96. The lowest BCUT2D eigenvalue weighted by atomic mass is 9.93. The average Bonchev–Trinajstić information content (AvgIpc) is 2.72. The fourth-order valence-corrected chi connectivity index (χ4v) is 2.58. The molecule has 0 radical (unpaired) electrons. The van der Waals surface area contributed by atoms with E-state index in [9.17, 15) is 0 Å². The van der Waals surface area contributed by atoms with E-state index in [4.69, 9.17) is 0 Å². The van der Waals surface area contributed by atoms with Gasteiger partial charge in [0, 0.05) is 29.0 Å². The van der Waals surface area contributed by atoms with Gasteiger partial charge in [-0.15, -0.1) is 0 Å². The molecule has 114 valence electrons. The third kappa shape index (κ3) is 3.34. The summed E-state index contributed by atoms with van der Waals surface area (Å²) in [5, 5.41) is 0. The third-order valence-electron chi connectivity index (χ3n) is 3.95. The SMILES string of the molecule is C=CN1C2=C(C#Cc3ccccc31)C=CCC2C.CCCC. The number of rotatable bonds is 2. The highest BCUT2D eigenvalue weighted by Gasteiger charge is 2.23. The Morgan fingerprint density at radius 1 is 1.23 bits per heavy atom. The highest BCUT2D eigenvalue weighted by atomic mass is 15.1. The van der Waals surface area contributed by atoms with Gasteiger partial charge in [-0.2, -0.15) is 0 Å². The molecule has 0 saturated heterocycles. The molecule has 0 aromatic heterocycles. The van der Waals surface area contributed by atoms with Gasteiger partial charge in [0.25, 0.3) is 0 Å². The number of unbranched alkanes of at least 4 members (excludes halogenated alkanes) is 1. The van der Waals surface area contributed by atoms with Crippen molar-refractivity contribution in [3.63, 3.8) is 0 Å². The summed E-state index contributed by atoms with van der Waals surface area (Å²) in [7, 11) is 0. The van der Waals surface area contributed by atoms with E-state index in [2.05, 4.69) is 68.4 Å². The Kier molecular flexibility index (Phi) is 5.67. The van der Waals surface area contributed by atoms with Crippen LogP contribution < -0.4 is 4.90 Å². The summed E-state index contributed by atoms with van der Waals surface area (Å²) in [6.07, 6.45) is 9.92. The summed E-state index contributed by atoms with van der Waals surface area (Å²) in [5.74, 6) is 7.02. The van der Waals surface area contributed by atoms with Gasteiger partial charge in [-0.25, -0.2) is 0 Å². The zero-order valence-electron chi connectivity index (χ0n) is 13.9. The van der Waals surface area contributed by atoms with Crippen LogP contribution in [0.4, 0.5) is 5.69 Å². The smallest absolute Gasteiger partial charge is 0.0609 e. The fraction of sp³-hybridized carbons (Fsp3) is 0.333. The third-order valence-corrected chi connectivity index (χ3v) is 3.95. The molecule has 1 nitrogen and oxygen atoms in total. The number of nitrogens with zero attached hydrogens (tertiary/aromatic N) is 1. The van der Waals surface area contributed by atoms with Crippen LogP contribution in [0.1, 0.15) is 45.6 Å². The lowest BCUT2D eigenvalue weighted by Gasteiger charge is -2.30. The van der Waals surface area contributed by atoms with Gasteiger partial charge in [0.2, 0.25) is 0 Å². The molecule has 1 aromatic rings. The minimum Gasteiger partial charge on any atom is -0.319 e. The largest absolute Gasteiger partial charge is 0.319 e. The Labute approximate surface area is 135 Å². The van der Waals surface area contributed by atoms with E-state index < -0.39 is 0 Å². The average molecular weight is 291 g/mol. The van der Waals surface area contributed by atoms with Crippen LogP contribution in [0.15, 0.2) is 60.5 Å². The molecule has 3 rings (SSSR count). The molecule has 0 bridgehead atoms. The van der Waals surface area contributed by atoms with Gasteiger partial charge in [0.1, 0.15) is 0 Å². The summed E-state index contributed by atoms with van der Waals surface area (Å²) in [6, 6.07) is 8.24. The predicted octanol–water partition coefficient (Wildman–Crippen LogP) is 5.66. The summed E-state index contributed by atoms with van der Waals surface area (Å²) >= 11 is 0. The molecular formula is C21H25N. The molecule has 1 aliphatic carbocycles. The number of hydrogen-bond donors (Lipinski definition) is 0. The summed E-state index contributed by atoms with van der Waals surface area (Å²) in [6.45, 7) is 10.6. The molecule has 0 fully saturated rings. The van der Waals surface area contributed by atoms with Gasteiger partial charge >= 0.3 is 0 Å². The summed E-state index contributed by atoms with van der Waals surface area (Å²) in [5.41, 5.74) is 4.58. The Morgan fingerprint density at radius 2 is 1.95 bits per heavy atom. The minimum absolute atomic E-state index is 0.475. The fourth-order valence-electron chi connectivity index (χ4n) is 2.58. The number of allylic oxidation sites excluding steroid dienone is 4. The first-order valence-corrected chi connectivity index (χ1v) is 8.16. The van der Waals surface area contributed by atoms with Crippen molar-refractivity contribution in [1.29, 1.82) is 0 Å². The van der Waals surface area contributed by atoms with Gasteiger partial charge in [-0.05, 0) is 24.6 Å². The van der Waals surface area contributed by atoms with Gasteiger partial charge in [-0.3, -0.25) is 0 Å². The van der Waals surface area contributed by atoms with Crippen molar-refractivity contribution in [2.75, 3.05) is 4.90 Å². The molecule has 22 heavy (non-hydrogen) atoms. The van der Waals surface area contributed by atoms with E-state index in [1.807, 2.05) is 18.3 Å². The standard InChI is InChI=1S/C17H15N.C4H10/c1-3-18-16-10-5-4-8-14(16)11-12-15-9-6-7-13(2)17(15)18;1-3-4-2/h3-6,8-10,13H,1,7H2,2H3;3-4H2,1-2H3. The van der Waals surface area contributed by atoms with Crippen LogP contribution in [0.25, 0.3) is 0 Å². The second kappa shape index (κ2) is 7.71. The lowest BCUT2D eigenvalue weighted by Crippen LogP contribution is -2.23. The molecule has 1 unspecified atom stereocenters. The first kappa shape index (κ1) is 16.2. The molecule has 0 N–H and O–H groups in total. The van der Waals surface area contributed by atoms with E-state index >= 15 is 0 Å². The van der Waals surface area contributed by atoms with E-state index in [0.717, 1.165) is 23.2 Å². The zero-order chi connectivity index (χ0) is 15.9. The van der Waals surface area contributed by atoms with Crippen molar-refractivity contribution in [3.8, 4) is 11.8 Å². The molecule has 1 atom stereocenters. The maximum atomic E-state index is 3.96. The molecule has 1 heteroatoms. The quantitative estimate of drug-likeness (QED) is 0.636. The summed E-state index contributed by atoms with van der Waals surface area (Å²) in [4.78, 5) is 2.17.